The van der Waals surface area contributed by atoms with Crippen LogP contribution in [0, 0.1) is 23.3 Å². The van der Waals surface area contributed by atoms with Gasteiger partial charge in [0.25, 0.3) is 11.5 Å². The second kappa shape index (κ2) is 11.7. The van der Waals surface area contributed by atoms with E-state index in [4.69, 9.17) is 14.2 Å². The molecule has 14 heteroatoms. The van der Waals surface area contributed by atoms with E-state index in [1.54, 1.807) is 20.0 Å². The maximum absolute atomic E-state index is 14.5. The van der Waals surface area contributed by atoms with Gasteiger partial charge in [0, 0.05) is 30.3 Å². The summed E-state index contributed by atoms with van der Waals surface area (Å²) in [6.45, 7) is 4.25. The summed E-state index contributed by atoms with van der Waals surface area (Å²) in [5, 5.41) is 10.7. The molecule has 3 heterocycles. The Morgan fingerprint density at radius 3 is 2.38 bits per heavy atom. The van der Waals surface area contributed by atoms with Crippen molar-refractivity contribution >= 4 is 11.7 Å². The van der Waals surface area contributed by atoms with Crippen molar-refractivity contribution in [2.24, 2.45) is 0 Å². The fourth-order valence-corrected chi connectivity index (χ4v) is 4.40. The van der Waals surface area contributed by atoms with Crippen molar-refractivity contribution in [1.82, 2.24) is 19.6 Å². The van der Waals surface area contributed by atoms with Gasteiger partial charge in [0.2, 0.25) is 0 Å². The molecule has 1 N–H and O–H groups in total. The van der Waals surface area contributed by atoms with Crippen LogP contribution in [0.4, 0.5) is 23.4 Å². The number of ether oxygens (including phenoxy) is 3. The van der Waals surface area contributed by atoms with Crippen LogP contribution in [0.1, 0.15) is 25.5 Å². The van der Waals surface area contributed by atoms with Gasteiger partial charge in [-0.25, -0.2) is 22.2 Å². The lowest BCUT2D eigenvalue weighted by Crippen LogP contribution is -2.36. The number of hydrogen-bond donors (Lipinski definition) is 1. The Bertz CT molecular complexity index is 1630. The third-order valence-corrected chi connectivity index (χ3v) is 6.35. The maximum Gasteiger partial charge on any atom is 0.271 e. The first-order valence-electron chi connectivity index (χ1n) is 12.8. The van der Waals surface area contributed by atoms with Gasteiger partial charge in [-0.1, -0.05) is 12.1 Å². The monoisotopic (exact) mass is 587 g/mol. The van der Waals surface area contributed by atoms with Gasteiger partial charge in [-0.05, 0) is 38.1 Å². The van der Waals surface area contributed by atoms with Crippen LogP contribution in [0.3, 0.4) is 0 Å². The maximum atomic E-state index is 14.5. The molecule has 4 aromatic rings. The molecule has 0 spiro atoms. The summed E-state index contributed by atoms with van der Waals surface area (Å²) in [5.74, 6) is -6.45. The highest BCUT2D eigenvalue weighted by atomic mass is 19.1. The third kappa shape index (κ3) is 6.50. The molecule has 5 rings (SSSR count). The summed E-state index contributed by atoms with van der Waals surface area (Å²) in [5.41, 5.74) is -1.39. The van der Waals surface area contributed by atoms with Crippen molar-refractivity contribution in [2.75, 3.05) is 11.9 Å². The van der Waals surface area contributed by atoms with Crippen LogP contribution in [0.25, 0.3) is 0 Å². The summed E-state index contributed by atoms with van der Waals surface area (Å²) in [4.78, 5) is 26.4. The molecule has 0 radical (unpaired) electrons. The van der Waals surface area contributed by atoms with Gasteiger partial charge in [0.1, 0.15) is 23.8 Å². The van der Waals surface area contributed by atoms with Gasteiger partial charge in [-0.3, -0.25) is 14.3 Å². The minimum absolute atomic E-state index is 0.0974. The highest BCUT2D eigenvalue weighted by Gasteiger charge is 2.33. The van der Waals surface area contributed by atoms with Crippen molar-refractivity contribution in [3.05, 3.63) is 100 Å². The number of aromatic nitrogens is 4. The Morgan fingerprint density at radius 2 is 1.76 bits per heavy atom. The third-order valence-electron chi connectivity index (χ3n) is 6.35. The zero-order valence-electron chi connectivity index (χ0n) is 22.4. The van der Waals surface area contributed by atoms with E-state index >= 15 is 0 Å². The van der Waals surface area contributed by atoms with Gasteiger partial charge in [-0.15, -0.1) is 0 Å². The van der Waals surface area contributed by atoms with E-state index in [9.17, 15) is 27.2 Å². The molecule has 1 unspecified atom stereocenters. The van der Waals surface area contributed by atoms with Crippen molar-refractivity contribution in [3.63, 3.8) is 0 Å². The number of nitrogens with one attached hydrogen (secondary N) is 1. The molecule has 1 fully saturated rings. The number of amides is 1. The molecular formula is C28H25F4N5O5. The lowest BCUT2D eigenvalue weighted by atomic mass is 10.0. The zero-order chi connectivity index (χ0) is 30.0. The van der Waals surface area contributed by atoms with Crippen LogP contribution in [0.5, 0.6) is 11.5 Å². The summed E-state index contributed by atoms with van der Waals surface area (Å²) < 4.78 is 75.8. The number of hydrogen-bond acceptors (Lipinski definition) is 7. The van der Waals surface area contributed by atoms with E-state index in [0.717, 1.165) is 48.7 Å². The molecule has 0 aliphatic carbocycles. The molecule has 10 nitrogen and oxygen atoms in total. The zero-order valence-corrected chi connectivity index (χ0v) is 22.4. The molecule has 220 valence electrons. The molecule has 2 atom stereocenters. The van der Waals surface area contributed by atoms with Gasteiger partial charge >= 0.3 is 0 Å². The summed E-state index contributed by atoms with van der Waals surface area (Å²) in [6.07, 6.45) is 1.67. The Morgan fingerprint density at radius 1 is 1.10 bits per heavy atom. The molecule has 1 saturated heterocycles. The molecule has 0 bridgehead atoms. The van der Waals surface area contributed by atoms with Crippen LogP contribution in [0.15, 0.2) is 65.7 Å². The first-order valence-corrected chi connectivity index (χ1v) is 12.8. The highest BCUT2D eigenvalue weighted by Crippen LogP contribution is 2.27. The minimum atomic E-state index is -1.55. The van der Waals surface area contributed by atoms with E-state index in [1.807, 2.05) is 0 Å². The van der Waals surface area contributed by atoms with Gasteiger partial charge in [0.15, 0.2) is 34.7 Å². The standard InChI is InChI=1S/C28H25F4N5O5/c1-28(2)40-15-17(42-28)14-36-10-9-24(35-36)34-27(39)23(12-18-19(29)5-3-6-20(18)30)37-25(38)11-16(13-33-37)41-26-21(31)7-4-8-22(26)32/h3-11,13,17,23H,12,14-15H2,1-2H3,(H,34,35,39)/t17-,23?/m1/s1. The van der Waals surface area contributed by atoms with E-state index in [2.05, 4.69) is 15.5 Å². The predicted octanol–water partition coefficient (Wildman–Crippen LogP) is 4.36. The molecule has 0 saturated carbocycles. The van der Waals surface area contributed by atoms with Crippen molar-refractivity contribution in [2.45, 2.75) is 44.7 Å². The Labute approximate surface area is 236 Å². The summed E-state index contributed by atoms with van der Waals surface area (Å²) in [6, 6.07) is 7.05. The second-order valence-electron chi connectivity index (χ2n) is 9.91. The molecule has 2 aromatic carbocycles. The van der Waals surface area contributed by atoms with Crippen LogP contribution < -0.4 is 15.6 Å². The van der Waals surface area contributed by atoms with Gasteiger partial charge < -0.3 is 19.5 Å². The number of carbonyl (C=O) groups is 1. The van der Waals surface area contributed by atoms with E-state index in [0.29, 0.717) is 17.8 Å². The Balaban J connectivity index is 1.40. The molecular weight excluding hydrogens is 562 g/mol. The fraction of sp³-hybridized carbons (Fsp3) is 0.286. The summed E-state index contributed by atoms with van der Waals surface area (Å²) >= 11 is 0. The van der Waals surface area contributed by atoms with Gasteiger partial charge in [-0.2, -0.15) is 10.2 Å². The predicted molar refractivity (Wildman–Crippen MR) is 140 cm³/mol. The number of halogens is 4. The van der Waals surface area contributed by atoms with Crippen molar-refractivity contribution in [3.8, 4) is 11.5 Å². The topological polar surface area (TPSA) is 110 Å². The first kappa shape index (κ1) is 29.0. The quantitative estimate of drug-likeness (QED) is 0.290. The minimum Gasteiger partial charge on any atom is -0.449 e. The van der Waals surface area contributed by atoms with Crippen LogP contribution >= 0.6 is 0 Å². The first-order chi connectivity index (χ1) is 20.0. The largest absolute Gasteiger partial charge is 0.449 e. The molecule has 1 aliphatic rings. The normalized spacial score (nSPS) is 16.8. The van der Waals surface area contributed by atoms with Crippen LogP contribution in [0.2, 0.25) is 0 Å². The van der Waals surface area contributed by atoms with Crippen LogP contribution in [-0.4, -0.2) is 44.0 Å². The number of para-hydroxylation sites is 1. The Hall–Kier alpha value is -4.56. The number of rotatable bonds is 9. The Kier molecular flexibility index (Phi) is 8.09. The SMILES string of the molecule is CC1(C)OC[C@@H](Cn2ccc(NC(=O)C(Cc3c(F)cccc3F)n3ncc(Oc4c(F)cccc4F)cc3=O)n2)O1. The lowest BCUT2D eigenvalue weighted by Gasteiger charge is -2.19. The number of nitrogens with zero attached hydrogens (tertiary/aromatic N) is 4. The van der Waals surface area contributed by atoms with Crippen molar-refractivity contribution in [1.29, 1.82) is 0 Å². The van der Waals surface area contributed by atoms with E-state index in [-0.39, 0.29) is 17.7 Å². The lowest BCUT2D eigenvalue weighted by molar-refractivity contribution is -0.139. The van der Waals surface area contributed by atoms with E-state index in [1.165, 1.54) is 10.7 Å². The highest BCUT2D eigenvalue weighted by molar-refractivity contribution is 5.93. The average Bonchev–Trinajstić information content (AvgIpc) is 3.51. The molecule has 1 aliphatic heterocycles. The molecule has 1 amide bonds. The van der Waals surface area contributed by atoms with E-state index < -0.39 is 64.3 Å². The van der Waals surface area contributed by atoms with Gasteiger partial charge in [0.05, 0.1) is 19.3 Å². The smallest absolute Gasteiger partial charge is 0.271 e. The second-order valence-corrected chi connectivity index (χ2v) is 9.91. The molecule has 42 heavy (non-hydrogen) atoms. The fourth-order valence-electron chi connectivity index (χ4n) is 4.40. The summed E-state index contributed by atoms with van der Waals surface area (Å²) in [7, 11) is 0. The van der Waals surface area contributed by atoms with Crippen molar-refractivity contribution < 1.29 is 36.6 Å². The number of benzene rings is 2. The molecule has 2 aromatic heterocycles. The number of anilines is 1. The average molecular weight is 588 g/mol. The number of carbonyl (C=O) groups excluding carboxylic acids is 1. The van der Waals surface area contributed by atoms with Crippen LogP contribution in [-0.2, 0) is 27.2 Å².